The van der Waals surface area contributed by atoms with E-state index in [0.717, 1.165) is 5.69 Å². The monoisotopic (exact) mass is 273 g/mol. The average Bonchev–Trinajstić information content (AvgIpc) is 2.68. The fourth-order valence-electron chi connectivity index (χ4n) is 2.07. The highest BCUT2D eigenvalue weighted by Crippen LogP contribution is 2.20. The Labute approximate surface area is 116 Å². The maximum Gasteiger partial charge on any atom is 0.338 e. The van der Waals surface area contributed by atoms with Crippen molar-refractivity contribution in [1.29, 1.82) is 0 Å². The molecule has 1 aromatic heterocycles. The molecular weight excluding hydrogens is 258 g/mol. The summed E-state index contributed by atoms with van der Waals surface area (Å²) in [5, 5.41) is 15.9. The molecule has 6 nitrogen and oxygen atoms in total. The molecule has 0 atom stereocenters. The van der Waals surface area contributed by atoms with Crippen LogP contribution in [0, 0.1) is 13.8 Å². The first kappa shape index (κ1) is 13.8. The highest BCUT2D eigenvalue weighted by molar-refractivity contribution is 6.07. The number of rotatable bonds is 3. The molecule has 20 heavy (non-hydrogen) atoms. The van der Waals surface area contributed by atoms with Crippen LogP contribution in [0.4, 0.5) is 5.69 Å². The average molecular weight is 273 g/mol. The van der Waals surface area contributed by atoms with Gasteiger partial charge in [-0.3, -0.25) is 9.48 Å². The molecule has 6 heteroatoms. The standard InChI is InChI=1S/C14H15N3O3/c1-8-5-4-6-10(12(8)14(19)20)15-13(18)11-7-9(2)16-17(11)3/h4-7H,1-3H3,(H,15,18)(H,19,20). The lowest BCUT2D eigenvalue weighted by Gasteiger charge is -2.10. The zero-order valence-electron chi connectivity index (χ0n) is 11.5. The van der Waals surface area contributed by atoms with Crippen LogP contribution in [0.2, 0.25) is 0 Å². The molecule has 0 bridgehead atoms. The summed E-state index contributed by atoms with van der Waals surface area (Å²) in [5.74, 6) is -1.46. The maximum absolute atomic E-state index is 12.2. The van der Waals surface area contributed by atoms with E-state index in [-0.39, 0.29) is 17.2 Å². The van der Waals surface area contributed by atoms with Gasteiger partial charge in [0.05, 0.1) is 16.9 Å². The number of anilines is 1. The van der Waals surface area contributed by atoms with E-state index >= 15 is 0 Å². The first-order valence-corrected chi connectivity index (χ1v) is 6.05. The number of carbonyl (C=O) groups excluding carboxylic acids is 1. The number of amides is 1. The summed E-state index contributed by atoms with van der Waals surface area (Å²) in [7, 11) is 1.66. The van der Waals surface area contributed by atoms with E-state index in [9.17, 15) is 14.7 Å². The van der Waals surface area contributed by atoms with Crippen LogP contribution in [-0.2, 0) is 7.05 Å². The molecule has 2 aromatic rings. The Kier molecular flexibility index (Phi) is 3.56. The van der Waals surface area contributed by atoms with E-state index < -0.39 is 5.97 Å². The highest BCUT2D eigenvalue weighted by Gasteiger charge is 2.17. The van der Waals surface area contributed by atoms with Gasteiger partial charge in [-0.15, -0.1) is 0 Å². The number of nitrogens with zero attached hydrogens (tertiary/aromatic N) is 2. The SMILES string of the molecule is Cc1cc(C(=O)Nc2cccc(C)c2C(=O)O)n(C)n1. The predicted octanol–water partition coefficient (Wildman–Crippen LogP) is 1.99. The number of carbonyl (C=O) groups is 2. The Morgan fingerprint density at radius 3 is 2.55 bits per heavy atom. The zero-order chi connectivity index (χ0) is 14.9. The topological polar surface area (TPSA) is 84.2 Å². The van der Waals surface area contributed by atoms with E-state index in [4.69, 9.17) is 0 Å². The highest BCUT2D eigenvalue weighted by atomic mass is 16.4. The molecular formula is C14H15N3O3. The van der Waals surface area contributed by atoms with Gasteiger partial charge in [-0.05, 0) is 31.5 Å². The third-order valence-corrected chi connectivity index (χ3v) is 2.97. The number of benzene rings is 1. The van der Waals surface area contributed by atoms with Crippen LogP contribution in [0.3, 0.4) is 0 Å². The lowest BCUT2D eigenvalue weighted by atomic mass is 10.1. The van der Waals surface area contributed by atoms with Gasteiger partial charge in [0.25, 0.3) is 5.91 Å². The van der Waals surface area contributed by atoms with E-state index in [1.54, 1.807) is 45.2 Å². The normalized spacial score (nSPS) is 10.3. The number of aromatic nitrogens is 2. The minimum Gasteiger partial charge on any atom is -0.478 e. The van der Waals surface area contributed by atoms with Gasteiger partial charge in [-0.25, -0.2) is 4.79 Å². The van der Waals surface area contributed by atoms with Gasteiger partial charge in [0.1, 0.15) is 5.69 Å². The fraction of sp³-hybridized carbons (Fsp3) is 0.214. The van der Waals surface area contributed by atoms with E-state index in [1.165, 1.54) is 4.68 Å². The Bertz CT molecular complexity index is 689. The number of nitrogens with one attached hydrogen (secondary N) is 1. The van der Waals surface area contributed by atoms with Crippen LogP contribution in [0.25, 0.3) is 0 Å². The molecule has 0 spiro atoms. The quantitative estimate of drug-likeness (QED) is 0.895. The van der Waals surface area contributed by atoms with Crippen LogP contribution in [0.5, 0.6) is 0 Å². The third kappa shape index (κ3) is 2.54. The molecule has 0 aliphatic rings. The minimum atomic E-state index is -1.07. The molecule has 1 aromatic carbocycles. The molecule has 2 rings (SSSR count). The second-order valence-electron chi connectivity index (χ2n) is 4.55. The smallest absolute Gasteiger partial charge is 0.338 e. The Hall–Kier alpha value is -2.63. The summed E-state index contributed by atoms with van der Waals surface area (Å²) < 4.78 is 1.46. The largest absolute Gasteiger partial charge is 0.478 e. The summed E-state index contributed by atoms with van der Waals surface area (Å²) in [6, 6.07) is 6.60. The number of hydrogen-bond donors (Lipinski definition) is 2. The van der Waals surface area contributed by atoms with Crippen LogP contribution < -0.4 is 5.32 Å². The van der Waals surface area contributed by atoms with Crippen molar-refractivity contribution in [3.63, 3.8) is 0 Å². The van der Waals surface area contributed by atoms with Gasteiger partial charge in [-0.1, -0.05) is 12.1 Å². The first-order valence-electron chi connectivity index (χ1n) is 6.05. The van der Waals surface area contributed by atoms with Crippen LogP contribution >= 0.6 is 0 Å². The second-order valence-corrected chi connectivity index (χ2v) is 4.55. The summed E-state index contributed by atoms with van der Waals surface area (Å²) >= 11 is 0. The van der Waals surface area contributed by atoms with Gasteiger partial charge in [0.2, 0.25) is 0 Å². The number of aryl methyl sites for hydroxylation is 3. The van der Waals surface area contributed by atoms with Crippen molar-refractivity contribution in [2.45, 2.75) is 13.8 Å². The van der Waals surface area contributed by atoms with E-state index in [1.807, 2.05) is 0 Å². The summed E-state index contributed by atoms with van der Waals surface area (Å²) in [4.78, 5) is 23.4. The van der Waals surface area contributed by atoms with Gasteiger partial charge in [0, 0.05) is 7.05 Å². The number of hydrogen-bond acceptors (Lipinski definition) is 3. The fourth-order valence-corrected chi connectivity index (χ4v) is 2.07. The molecule has 0 saturated heterocycles. The molecule has 0 unspecified atom stereocenters. The van der Waals surface area contributed by atoms with Crippen molar-refractivity contribution >= 4 is 17.6 Å². The van der Waals surface area contributed by atoms with Crippen molar-refractivity contribution in [2.75, 3.05) is 5.32 Å². The molecule has 0 saturated carbocycles. The Morgan fingerprint density at radius 1 is 1.30 bits per heavy atom. The van der Waals surface area contributed by atoms with Crippen LogP contribution in [0.1, 0.15) is 32.1 Å². The zero-order valence-corrected chi connectivity index (χ0v) is 11.5. The molecule has 1 heterocycles. The van der Waals surface area contributed by atoms with Crippen molar-refractivity contribution in [1.82, 2.24) is 9.78 Å². The molecule has 0 aliphatic carbocycles. The van der Waals surface area contributed by atoms with E-state index in [0.29, 0.717) is 11.3 Å². The third-order valence-electron chi connectivity index (χ3n) is 2.97. The molecule has 0 radical (unpaired) electrons. The Balaban J connectivity index is 2.36. The van der Waals surface area contributed by atoms with Gasteiger partial charge < -0.3 is 10.4 Å². The summed E-state index contributed by atoms with van der Waals surface area (Å²) in [5.41, 5.74) is 2.07. The lowest BCUT2D eigenvalue weighted by Crippen LogP contribution is -2.18. The summed E-state index contributed by atoms with van der Waals surface area (Å²) in [6.07, 6.45) is 0. The van der Waals surface area contributed by atoms with E-state index in [2.05, 4.69) is 10.4 Å². The number of aromatic carboxylic acids is 1. The maximum atomic E-state index is 12.2. The van der Waals surface area contributed by atoms with Gasteiger partial charge >= 0.3 is 5.97 Å². The summed E-state index contributed by atoms with van der Waals surface area (Å²) in [6.45, 7) is 3.47. The van der Waals surface area contributed by atoms with Crippen LogP contribution in [0.15, 0.2) is 24.3 Å². The molecule has 0 aliphatic heterocycles. The van der Waals surface area contributed by atoms with Crippen molar-refractivity contribution in [3.05, 3.63) is 46.8 Å². The molecule has 104 valence electrons. The first-order chi connectivity index (χ1) is 9.40. The number of carboxylic acids is 1. The van der Waals surface area contributed by atoms with Gasteiger partial charge in [0.15, 0.2) is 0 Å². The second kappa shape index (κ2) is 5.16. The minimum absolute atomic E-state index is 0.0970. The van der Waals surface area contributed by atoms with Crippen molar-refractivity contribution < 1.29 is 14.7 Å². The molecule has 0 fully saturated rings. The predicted molar refractivity (Wildman–Crippen MR) is 74.0 cm³/mol. The Morgan fingerprint density at radius 2 is 2.00 bits per heavy atom. The molecule has 1 amide bonds. The van der Waals surface area contributed by atoms with Crippen molar-refractivity contribution in [2.24, 2.45) is 7.05 Å². The van der Waals surface area contributed by atoms with Gasteiger partial charge in [-0.2, -0.15) is 5.10 Å². The molecule has 2 N–H and O–H groups in total. The lowest BCUT2D eigenvalue weighted by molar-refractivity contribution is 0.0697. The van der Waals surface area contributed by atoms with Crippen molar-refractivity contribution in [3.8, 4) is 0 Å². The van der Waals surface area contributed by atoms with Crippen LogP contribution in [-0.4, -0.2) is 26.8 Å². The number of carboxylic acid groups (broad SMARTS) is 1.